The number of hydrogen-bond donors (Lipinski definition) is 7. The largest absolute Gasteiger partial charge is 0.420 e. The zero-order valence-corrected chi connectivity index (χ0v) is 64.9. The Morgan fingerprint density at radius 3 is 1.31 bits per heavy atom. The van der Waals surface area contributed by atoms with Gasteiger partial charge in [0.05, 0.1) is 41.7 Å². The fourth-order valence-corrected chi connectivity index (χ4v) is 9.85. The van der Waals surface area contributed by atoms with Crippen molar-refractivity contribution in [3.63, 3.8) is 0 Å². The SMILES string of the molecule is CCc1ccc(N(C)C(=O)Nc2cc(Cl)c(C#N)cn2)nc1C(OC)OC.CCc1ccc(N(C)C(=O)Oc2ccccc2)nc1C(OC)OC.CCc1ccc(NC)nc1C(OC)OC.CNc1ccc(CO)c(C(OC)OC)n1.COCCNc1cc(NC(=O)N(C)c2ccc(CO)c(C=O)n2)ncc1C#N. The summed E-state index contributed by atoms with van der Waals surface area (Å²) < 4.78 is 52.1. The van der Waals surface area contributed by atoms with Crippen LogP contribution >= 0.6 is 11.6 Å². The van der Waals surface area contributed by atoms with Gasteiger partial charge in [-0.3, -0.25) is 30.1 Å². The predicted octanol–water partition coefficient (Wildman–Crippen LogP) is 11.4. The second kappa shape index (κ2) is 48.3. The normalized spacial score (nSPS) is 10.5. The second-order valence-electron chi connectivity index (χ2n) is 22.4. The van der Waals surface area contributed by atoms with E-state index in [1.54, 1.807) is 111 Å². The minimum atomic E-state index is -0.629. The number of aldehydes is 1. The summed E-state index contributed by atoms with van der Waals surface area (Å²) in [7, 11) is 22.3. The number of aryl methyl sites for hydroxylation is 3. The number of amides is 5. The van der Waals surface area contributed by atoms with Crippen molar-refractivity contribution < 1.29 is 76.8 Å². The highest BCUT2D eigenvalue weighted by atomic mass is 35.5. The van der Waals surface area contributed by atoms with Gasteiger partial charge in [0.1, 0.15) is 87.1 Å². The number of rotatable bonds is 30. The number of para-hydroxylation sites is 1. The van der Waals surface area contributed by atoms with Crippen LogP contribution in [0.25, 0.3) is 0 Å². The van der Waals surface area contributed by atoms with E-state index in [-0.39, 0.29) is 46.9 Å². The molecule has 584 valence electrons. The van der Waals surface area contributed by atoms with Gasteiger partial charge in [-0.25, -0.2) is 49.3 Å². The van der Waals surface area contributed by atoms with Gasteiger partial charge in [0.2, 0.25) is 25.2 Å². The minimum absolute atomic E-state index is 0.0563. The van der Waals surface area contributed by atoms with Gasteiger partial charge in [-0.05, 0) is 78.4 Å². The van der Waals surface area contributed by atoms with Crippen molar-refractivity contribution in [2.24, 2.45) is 0 Å². The summed E-state index contributed by atoms with van der Waals surface area (Å²) in [4.78, 5) is 82.1. The highest BCUT2D eigenvalue weighted by Gasteiger charge is 2.24. The molecule has 8 aromatic rings. The number of nitriles is 2. The average Bonchev–Trinajstić information content (AvgIpc) is 0.832. The van der Waals surface area contributed by atoms with Crippen molar-refractivity contribution in [1.82, 2.24) is 34.9 Å². The monoisotopic (exact) mass is 1530 g/mol. The summed E-state index contributed by atoms with van der Waals surface area (Å²) >= 11 is 5.96. The van der Waals surface area contributed by atoms with Crippen molar-refractivity contribution in [2.75, 3.05) is 154 Å². The van der Waals surface area contributed by atoms with E-state index in [0.29, 0.717) is 82.1 Å². The van der Waals surface area contributed by atoms with Crippen molar-refractivity contribution >= 4 is 82.5 Å². The maximum atomic E-state index is 12.5. The van der Waals surface area contributed by atoms with Crippen LogP contribution in [0.4, 0.5) is 60.8 Å². The molecule has 33 nitrogen and oxygen atoms in total. The third-order valence-electron chi connectivity index (χ3n) is 15.7. The summed E-state index contributed by atoms with van der Waals surface area (Å²) in [6.45, 7) is 6.63. The van der Waals surface area contributed by atoms with Gasteiger partial charge in [-0.15, -0.1) is 0 Å². The molecule has 0 saturated heterocycles. The number of nitrogens with one attached hydrogen (secondary N) is 5. The Balaban J connectivity index is 0.000000294. The lowest BCUT2D eigenvalue weighted by molar-refractivity contribution is -0.109. The number of urea groups is 2. The maximum absolute atomic E-state index is 12.5. The zero-order valence-electron chi connectivity index (χ0n) is 64.2. The van der Waals surface area contributed by atoms with Crippen LogP contribution in [0.5, 0.6) is 5.75 Å². The molecule has 34 heteroatoms. The lowest BCUT2D eigenvalue weighted by Crippen LogP contribution is -2.32. The average molecular weight is 1530 g/mol. The number of halogens is 1. The first-order valence-corrected chi connectivity index (χ1v) is 34.0. The molecule has 0 aliphatic rings. The first-order chi connectivity index (χ1) is 52.6. The van der Waals surface area contributed by atoms with E-state index in [0.717, 1.165) is 47.5 Å². The summed E-state index contributed by atoms with van der Waals surface area (Å²) in [5.41, 5.74) is 8.00. The summed E-state index contributed by atoms with van der Waals surface area (Å²) in [6.07, 6.45) is 2.92. The number of carbonyl (C=O) groups is 4. The van der Waals surface area contributed by atoms with E-state index in [2.05, 4.69) is 68.4 Å². The van der Waals surface area contributed by atoms with Crippen molar-refractivity contribution in [1.29, 1.82) is 10.5 Å². The van der Waals surface area contributed by atoms with Crippen LogP contribution in [0.2, 0.25) is 5.02 Å². The molecule has 0 spiro atoms. The highest BCUT2D eigenvalue weighted by Crippen LogP contribution is 2.29. The number of aliphatic hydroxyl groups is 2. The molecule has 7 N–H and O–H groups in total. The summed E-state index contributed by atoms with van der Waals surface area (Å²) in [5, 5.41) is 50.8. The van der Waals surface area contributed by atoms with Crippen molar-refractivity contribution in [2.45, 2.75) is 78.4 Å². The number of hydrogen-bond acceptors (Lipinski definition) is 28. The number of aromatic nitrogens is 7. The number of ether oxygens (including phenoxy) is 10. The lowest BCUT2D eigenvalue weighted by Gasteiger charge is -2.21. The van der Waals surface area contributed by atoms with Gasteiger partial charge in [0.25, 0.3) is 0 Å². The number of benzene rings is 1. The zero-order chi connectivity index (χ0) is 80.5. The molecule has 0 aliphatic heterocycles. The number of carbonyl (C=O) groups excluding carboxylic acids is 4. The van der Waals surface area contributed by atoms with Gasteiger partial charge in [0, 0.05) is 141 Å². The summed E-state index contributed by atoms with van der Waals surface area (Å²) in [6, 6.07) is 32.7. The third kappa shape index (κ3) is 26.7. The maximum Gasteiger partial charge on any atom is 0.420 e. The molecule has 1 aromatic carbocycles. The molecule has 0 aliphatic carbocycles. The molecule has 0 saturated carbocycles. The first kappa shape index (κ1) is 90.4. The van der Waals surface area contributed by atoms with Crippen LogP contribution < -0.4 is 46.0 Å². The van der Waals surface area contributed by atoms with Crippen molar-refractivity contribution in [3.8, 4) is 17.9 Å². The molecular formula is C75H96ClN17O16. The van der Waals surface area contributed by atoms with Crippen LogP contribution in [0.1, 0.15) is 118 Å². The third-order valence-corrected chi connectivity index (χ3v) is 16.0. The standard InChI is InChI=1S/C18H20ClN5O3.C18H20N6O4.C18H22N2O4.C11H18N2O2.C10H16N2O3/c1-5-11-6-7-15(23-16(11)17(26-3)27-4)24(2)18(25)22-14-8-13(19)12(9-20)10-21-14;1-24(17-4-3-12(10-25)15(11-26)22-17)18(27)23-16-7-14(20-5-6-28-2)13(8-19)9-21-16;1-5-13-11-12-15(19-16(13)17(22-3)23-4)20(2)18(21)24-14-9-7-6-8-10-14;1-5-8-6-7-9(12-2)13-10(8)11(14-3)15-4;1-11-8-5-4-7(6-13)9(12-8)10(14-2)15-3/h6-8,10,17H,5H2,1-4H3,(H,21,22,25);3-4,7,9,11,25H,5-6,10H2,1-2H3,(H2,20,21,23,27);6-12,17H,5H2,1-4H3;6-7,11H,5H2,1-4H3,(H,12,13);4-5,10,13H,6H2,1-3H3,(H,11,12). The minimum Gasteiger partial charge on any atom is -0.410 e. The molecule has 0 fully saturated rings. The molecule has 0 bridgehead atoms. The molecule has 0 unspecified atom stereocenters. The predicted molar refractivity (Wildman–Crippen MR) is 412 cm³/mol. The number of methoxy groups -OCH3 is 9. The van der Waals surface area contributed by atoms with Gasteiger partial charge in [-0.2, -0.15) is 10.5 Å². The van der Waals surface area contributed by atoms with Gasteiger partial charge >= 0.3 is 18.2 Å². The van der Waals surface area contributed by atoms with Crippen molar-refractivity contribution in [3.05, 3.63) is 188 Å². The molecule has 5 amide bonds. The molecule has 8 rings (SSSR count). The van der Waals surface area contributed by atoms with E-state index in [9.17, 15) is 24.3 Å². The fourth-order valence-electron chi connectivity index (χ4n) is 9.66. The highest BCUT2D eigenvalue weighted by molar-refractivity contribution is 6.32. The van der Waals surface area contributed by atoms with Gasteiger partial charge in [-0.1, -0.05) is 80.9 Å². The number of pyridine rings is 7. The summed E-state index contributed by atoms with van der Waals surface area (Å²) in [5.74, 6) is 3.57. The first-order valence-electron chi connectivity index (χ1n) is 33.6. The second-order valence-corrected chi connectivity index (χ2v) is 22.8. The fraction of sp³-hybridized carbons (Fsp3) is 0.373. The van der Waals surface area contributed by atoms with Gasteiger partial charge < -0.3 is 73.5 Å². The van der Waals surface area contributed by atoms with Crippen LogP contribution in [-0.2, 0) is 75.1 Å². The number of anilines is 8. The Hall–Kier alpha value is -11.0. The molecule has 109 heavy (non-hydrogen) atoms. The Morgan fingerprint density at radius 1 is 0.514 bits per heavy atom. The van der Waals surface area contributed by atoms with E-state index in [1.165, 1.54) is 80.8 Å². The van der Waals surface area contributed by atoms with Crippen LogP contribution in [-0.4, -0.2) is 182 Å². The van der Waals surface area contributed by atoms with E-state index >= 15 is 0 Å². The smallest absolute Gasteiger partial charge is 0.410 e. The van der Waals surface area contributed by atoms with Gasteiger partial charge in [0.15, 0.2) is 6.29 Å². The van der Waals surface area contributed by atoms with E-state index in [1.807, 2.05) is 63.4 Å². The molecule has 7 aromatic heterocycles. The molecule has 0 atom stereocenters. The van der Waals surface area contributed by atoms with Crippen LogP contribution in [0, 0.1) is 22.7 Å². The topological polar surface area (TPSA) is 409 Å². The van der Waals surface area contributed by atoms with Crippen LogP contribution in [0.15, 0.2) is 116 Å². The Bertz CT molecular complexity index is 4190. The molecule has 7 heterocycles. The molecule has 0 radical (unpaired) electrons. The number of nitrogens with zero attached hydrogens (tertiary/aromatic N) is 12. The molecular weight excluding hydrogens is 1430 g/mol. The van der Waals surface area contributed by atoms with Crippen LogP contribution in [0.3, 0.4) is 0 Å². The van der Waals surface area contributed by atoms with E-state index < -0.39 is 43.3 Å². The number of aliphatic hydroxyl groups excluding tert-OH is 2. The Kier molecular flexibility index (Phi) is 40.1. The quantitative estimate of drug-likeness (QED) is 0.0125. The lowest BCUT2D eigenvalue weighted by atomic mass is 10.1. The Morgan fingerprint density at radius 2 is 0.908 bits per heavy atom. The van der Waals surface area contributed by atoms with E-state index in [4.69, 9.17) is 74.6 Å². The Labute approximate surface area is 639 Å².